The van der Waals surface area contributed by atoms with Crippen LogP contribution in [0.5, 0.6) is 5.88 Å². The Bertz CT molecular complexity index is 1310. The second-order valence-electron chi connectivity index (χ2n) is 8.17. The molecule has 0 spiro atoms. The molecule has 2 atom stereocenters. The van der Waals surface area contributed by atoms with E-state index in [1.165, 1.54) is 16.8 Å². The van der Waals surface area contributed by atoms with Crippen LogP contribution in [0.25, 0.3) is 16.9 Å². The van der Waals surface area contributed by atoms with Crippen molar-refractivity contribution in [1.29, 1.82) is 0 Å². The first kappa shape index (κ1) is 21.9. The fraction of sp³-hybridized carbons (Fsp3) is 0.292. The van der Waals surface area contributed by atoms with Crippen LogP contribution in [0.3, 0.4) is 0 Å². The van der Waals surface area contributed by atoms with Crippen molar-refractivity contribution in [3.63, 3.8) is 0 Å². The molecule has 0 radical (unpaired) electrons. The molecule has 4 aromatic rings. The zero-order valence-electron chi connectivity index (χ0n) is 18.4. The van der Waals surface area contributed by atoms with Crippen molar-refractivity contribution >= 4 is 11.6 Å². The van der Waals surface area contributed by atoms with Crippen LogP contribution in [0.15, 0.2) is 61.4 Å². The van der Waals surface area contributed by atoms with Crippen molar-refractivity contribution in [1.82, 2.24) is 29.2 Å². The zero-order chi connectivity index (χ0) is 23.7. The van der Waals surface area contributed by atoms with Gasteiger partial charge in [0, 0.05) is 42.0 Å². The summed E-state index contributed by atoms with van der Waals surface area (Å²) in [6.07, 6.45) is 7.16. The molecular weight excluding hydrogens is 442 g/mol. The van der Waals surface area contributed by atoms with Gasteiger partial charge in [-0.2, -0.15) is 0 Å². The highest BCUT2D eigenvalue weighted by Gasteiger charge is 2.32. The van der Waals surface area contributed by atoms with Gasteiger partial charge in [0.25, 0.3) is 18.2 Å². The molecule has 174 valence electrons. The van der Waals surface area contributed by atoms with Crippen molar-refractivity contribution in [2.24, 2.45) is 0 Å². The second-order valence-corrected chi connectivity index (χ2v) is 8.17. The molecule has 1 saturated heterocycles. The van der Waals surface area contributed by atoms with Crippen molar-refractivity contribution in [3.8, 4) is 17.1 Å². The van der Waals surface area contributed by atoms with E-state index in [9.17, 15) is 13.6 Å². The zero-order valence-corrected chi connectivity index (χ0v) is 18.4. The first-order valence-corrected chi connectivity index (χ1v) is 11.0. The molecule has 1 aliphatic heterocycles. The van der Waals surface area contributed by atoms with E-state index < -0.39 is 6.43 Å². The number of fused-ring (bicyclic) bond motifs is 1. The highest BCUT2D eigenvalue weighted by molar-refractivity contribution is 6.00. The number of alkyl halides is 2. The molecule has 0 aliphatic carbocycles. The molecule has 5 rings (SSSR count). The van der Waals surface area contributed by atoms with E-state index in [-0.39, 0.29) is 35.3 Å². The quantitative estimate of drug-likeness (QED) is 0.440. The largest absolute Gasteiger partial charge is 0.470 e. The summed E-state index contributed by atoms with van der Waals surface area (Å²) in [5, 5.41) is 0. The smallest absolute Gasteiger partial charge is 0.280 e. The van der Waals surface area contributed by atoms with Gasteiger partial charge < -0.3 is 9.64 Å². The van der Waals surface area contributed by atoms with Gasteiger partial charge in [-0.05, 0) is 25.8 Å². The van der Waals surface area contributed by atoms with Gasteiger partial charge in [-0.25, -0.2) is 18.7 Å². The minimum Gasteiger partial charge on any atom is -0.470 e. The number of piperidine rings is 1. The van der Waals surface area contributed by atoms with Crippen LogP contribution >= 0.6 is 0 Å². The number of hydrogen-bond acceptors (Lipinski definition) is 6. The lowest BCUT2D eigenvalue weighted by Gasteiger charge is -2.38. The van der Waals surface area contributed by atoms with Crippen molar-refractivity contribution in [2.45, 2.75) is 38.3 Å². The van der Waals surface area contributed by atoms with Crippen LogP contribution in [0.1, 0.15) is 42.2 Å². The Morgan fingerprint density at radius 1 is 1.09 bits per heavy atom. The Morgan fingerprint density at radius 2 is 1.94 bits per heavy atom. The summed E-state index contributed by atoms with van der Waals surface area (Å²) in [4.78, 5) is 32.1. The number of hydrogen-bond donors (Lipinski definition) is 0. The Hall–Kier alpha value is -3.95. The lowest BCUT2D eigenvalue weighted by Crippen LogP contribution is -2.49. The number of aromatic nitrogens is 5. The number of likely N-dealkylation sites (tertiary alicyclic amines) is 1. The summed E-state index contributed by atoms with van der Waals surface area (Å²) in [5.74, 6) is 0.0373. The molecule has 4 heterocycles. The SMILES string of the molecule is C[C@@H]1CC[C@@H](Oc2nccn3c(C(F)F)cnc23)CN1C(=O)c1ccccc1-c1cnccn1. The third-order valence-electron chi connectivity index (χ3n) is 6.02. The van der Waals surface area contributed by atoms with E-state index in [0.29, 0.717) is 29.8 Å². The predicted molar refractivity (Wildman–Crippen MR) is 120 cm³/mol. The molecule has 8 nitrogen and oxygen atoms in total. The highest BCUT2D eigenvalue weighted by Crippen LogP contribution is 2.29. The molecule has 34 heavy (non-hydrogen) atoms. The number of nitrogens with zero attached hydrogens (tertiary/aromatic N) is 6. The Kier molecular flexibility index (Phi) is 5.87. The van der Waals surface area contributed by atoms with Gasteiger partial charge in [-0.3, -0.25) is 19.2 Å². The van der Waals surface area contributed by atoms with Gasteiger partial charge in [-0.15, -0.1) is 0 Å². The lowest BCUT2D eigenvalue weighted by molar-refractivity contribution is 0.0376. The molecule has 0 saturated carbocycles. The van der Waals surface area contributed by atoms with E-state index in [0.717, 1.165) is 12.6 Å². The van der Waals surface area contributed by atoms with E-state index in [4.69, 9.17) is 4.74 Å². The molecule has 0 N–H and O–H groups in total. The van der Waals surface area contributed by atoms with Crippen molar-refractivity contribution in [2.75, 3.05) is 6.54 Å². The minimum atomic E-state index is -2.66. The molecular formula is C24H22F2N6O2. The fourth-order valence-electron chi connectivity index (χ4n) is 4.26. The number of imidazole rings is 1. The monoisotopic (exact) mass is 464 g/mol. The van der Waals surface area contributed by atoms with Crippen LogP contribution in [0, 0.1) is 0 Å². The highest BCUT2D eigenvalue weighted by atomic mass is 19.3. The van der Waals surface area contributed by atoms with Gasteiger partial charge in [0.1, 0.15) is 11.8 Å². The molecule has 0 unspecified atom stereocenters. The van der Waals surface area contributed by atoms with Gasteiger partial charge >= 0.3 is 0 Å². The van der Waals surface area contributed by atoms with Crippen LogP contribution < -0.4 is 4.74 Å². The van der Waals surface area contributed by atoms with Gasteiger partial charge in [0.2, 0.25) is 5.65 Å². The topological polar surface area (TPSA) is 85.5 Å². The normalized spacial score (nSPS) is 18.4. The molecule has 1 fully saturated rings. The first-order valence-electron chi connectivity index (χ1n) is 11.0. The predicted octanol–water partition coefficient (Wildman–Crippen LogP) is 4.20. The number of ether oxygens (including phenoxy) is 1. The van der Waals surface area contributed by atoms with Gasteiger partial charge in [0.15, 0.2) is 0 Å². The summed E-state index contributed by atoms with van der Waals surface area (Å²) in [5.41, 5.74) is 1.86. The van der Waals surface area contributed by atoms with Gasteiger partial charge in [0.05, 0.1) is 24.6 Å². The molecule has 10 heteroatoms. The second kappa shape index (κ2) is 9.12. The average Bonchev–Trinajstić information content (AvgIpc) is 3.31. The average molecular weight is 464 g/mol. The summed E-state index contributed by atoms with van der Waals surface area (Å²) in [6.45, 7) is 2.33. The molecule has 1 aromatic carbocycles. The van der Waals surface area contributed by atoms with E-state index >= 15 is 0 Å². The standard InChI is InChI=1S/C24H22F2N6O2/c1-15-6-7-16(34-23-22-30-13-20(21(25)26)31(22)11-10-29-23)14-32(15)24(33)18-5-3-2-4-17(18)19-12-27-8-9-28-19/h2-5,8-13,15-16,21H,6-7,14H2,1H3/t15-,16-/m1/s1. The Labute approximate surface area is 194 Å². The molecule has 0 bridgehead atoms. The Balaban J connectivity index is 1.40. The van der Waals surface area contributed by atoms with Crippen molar-refractivity contribution in [3.05, 3.63) is 72.7 Å². The maximum atomic E-state index is 13.6. The van der Waals surface area contributed by atoms with Crippen LogP contribution in [-0.4, -0.2) is 53.8 Å². The van der Waals surface area contributed by atoms with Crippen LogP contribution in [0.2, 0.25) is 0 Å². The summed E-state index contributed by atoms with van der Waals surface area (Å²) in [7, 11) is 0. The third kappa shape index (κ3) is 4.07. The summed E-state index contributed by atoms with van der Waals surface area (Å²) >= 11 is 0. The summed E-state index contributed by atoms with van der Waals surface area (Å²) in [6, 6.07) is 7.31. The number of rotatable bonds is 5. The van der Waals surface area contributed by atoms with E-state index in [1.54, 1.807) is 29.6 Å². The molecule has 1 aliphatic rings. The maximum Gasteiger partial charge on any atom is 0.280 e. The first-order chi connectivity index (χ1) is 16.5. The third-order valence-corrected chi connectivity index (χ3v) is 6.02. The van der Waals surface area contributed by atoms with E-state index in [2.05, 4.69) is 19.9 Å². The Morgan fingerprint density at radius 3 is 2.74 bits per heavy atom. The molecule has 3 aromatic heterocycles. The number of carbonyl (C=O) groups excluding carboxylic acids is 1. The fourth-order valence-corrected chi connectivity index (χ4v) is 4.26. The van der Waals surface area contributed by atoms with E-state index in [1.807, 2.05) is 25.1 Å². The van der Waals surface area contributed by atoms with Crippen LogP contribution in [-0.2, 0) is 0 Å². The summed E-state index contributed by atoms with van der Waals surface area (Å²) < 4.78 is 33.9. The number of halogens is 2. The van der Waals surface area contributed by atoms with Gasteiger partial charge in [-0.1, -0.05) is 18.2 Å². The van der Waals surface area contributed by atoms with Crippen LogP contribution in [0.4, 0.5) is 8.78 Å². The lowest BCUT2D eigenvalue weighted by atomic mass is 9.97. The minimum absolute atomic E-state index is 0.00266. The maximum absolute atomic E-state index is 13.6. The number of amides is 1. The number of benzene rings is 1. The number of carbonyl (C=O) groups is 1. The molecule has 1 amide bonds. The van der Waals surface area contributed by atoms with Crippen molar-refractivity contribution < 1.29 is 18.3 Å².